The van der Waals surface area contributed by atoms with E-state index >= 15 is 0 Å². The van der Waals surface area contributed by atoms with Crippen molar-refractivity contribution in [1.29, 1.82) is 0 Å². The van der Waals surface area contributed by atoms with Crippen LogP contribution >= 0.6 is 0 Å². The van der Waals surface area contributed by atoms with E-state index in [1.165, 1.54) is 25.9 Å². The summed E-state index contributed by atoms with van der Waals surface area (Å²) < 4.78 is 0. The van der Waals surface area contributed by atoms with Gasteiger partial charge in [0.15, 0.2) is 0 Å². The molecule has 1 aliphatic carbocycles. The largest absolute Gasteiger partial charge is 0.393 e. The summed E-state index contributed by atoms with van der Waals surface area (Å²) in [5, 5.41) is 17.3. The summed E-state index contributed by atoms with van der Waals surface area (Å²) >= 11 is 0. The Morgan fingerprint density at radius 1 is 0.475 bits per heavy atom. The van der Waals surface area contributed by atoms with Gasteiger partial charge in [-0.2, -0.15) is 0 Å². The molecular formula is C37H93NO2. The van der Waals surface area contributed by atoms with Gasteiger partial charge in [-0.05, 0) is 70.1 Å². The maximum Gasteiger partial charge on any atom is 0.0535 e. The van der Waals surface area contributed by atoms with Gasteiger partial charge in [0, 0.05) is 19.1 Å². The standard InChI is InChI=1S/C7H15N.C6H12.2C5H12O.7C2H6/c1-6(2)8-4-7(3)5-8;1-5(2)6-3-4-6;2*1-4(2)5(3)6;7*1-2/h6-7H,4-5H2,1-3H3;5-6H,3-4H2,1-2H3;2*4-6H,1-3H3;7*1-2H3. The SMILES string of the molecule is CC.CC.CC.CC.CC.CC.CC.CC(C)C(C)O.CC(C)C(C)O.CC(C)C1CC1.CC1CN(C(C)C)C1. The lowest BCUT2D eigenvalue weighted by Gasteiger charge is -2.40. The number of aliphatic hydroxyl groups excluding tert-OH is 2. The topological polar surface area (TPSA) is 43.7 Å². The fraction of sp³-hybridized carbons (Fsp3) is 1.00. The summed E-state index contributed by atoms with van der Waals surface area (Å²) in [4.78, 5) is 2.49. The van der Waals surface area contributed by atoms with Gasteiger partial charge in [-0.15, -0.1) is 0 Å². The molecule has 2 fully saturated rings. The molecule has 3 nitrogen and oxygen atoms in total. The Bertz CT molecular complexity index is 268. The highest BCUT2D eigenvalue weighted by Crippen LogP contribution is 2.35. The Kier molecular flexibility index (Phi) is 92.5. The molecule has 3 heteroatoms. The molecule has 0 aromatic heterocycles. The second kappa shape index (κ2) is 58.5. The Hall–Kier alpha value is -0.120. The fourth-order valence-corrected chi connectivity index (χ4v) is 1.93. The molecule has 2 unspecified atom stereocenters. The summed E-state index contributed by atoms with van der Waals surface area (Å²) in [5.41, 5.74) is 0. The van der Waals surface area contributed by atoms with E-state index in [0.717, 1.165) is 23.8 Å². The van der Waals surface area contributed by atoms with Crippen molar-refractivity contribution in [2.24, 2.45) is 29.6 Å². The molecule has 2 atom stereocenters. The first-order valence-corrected chi connectivity index (χ1v) is 17.9. The van der Waals surface area contributed by atoms with Crippen molar-refractivity contribution in [2.45, 2.75) is 204 Å². The van der Waals surface area contributed by atoms with Crippen molar-refractivity contribution in [1.82, 2.24) is 4.90 Å². The van der Waals surface area contributed by atoms with Crippen LogP contribution in [0.25, 0.3) is 0 Å². The molecule has 0 radical (unpaired) electrons. The van der Waals surface area contributed by atoms with E-state index in [2.05, 4.69) is 39.5 Å². The van der Waals surface area contributed by atoms with Crippen LogP contribution in [0.1, 0.15) is 186 Å². The highest BCUT2D eigenvalue weighted by molar-refractivity contribution is 4.78. The van der Waals surface area contributed by atoms with Crippen molar-refractivity contribution in [2.75, 3.05) is 13.1 Å². The zero-order valence-corrected chi connectivity index (χ0v) is 33.8. The van der Waals surface area contributed by atoms with Crippen LogP contribution in [0.3, 0.4) is 0 Å². The molecule has 0 bridgehead atoms. The highest BCUT2D eigenvalue weighted by Gasteiger charge is 2.24. The molecule has 2 N–H and O–H groups in total. The van der Waals surface area contributed by atoms with Crippen LogP contribution in [-0.2, 0) is 0 Å². The molecule has 2 rings (SSSR count). The van der Waals surface area contributed by atoms with E-state index in [9.17, 15) is 0 Å². The number of aliphatic hydroxyl groups is 2. The molecule has 0 aromatic carbocycles. The molecule has 0 amide bonds. The summed E-state index contributed by atoms with van der Waals surface area (Å²) in [6.07, 6.45) is 2.70. The molecule has 1 saturated carbocycles. The molecule has 0 spiro atoms. The van der Waals surface area contributed by atoms with Crippen LogP contribution in [0.4, 0.5) is 0 Å². The van der Waals surface area contributed by atoms with Gasteiger partial charge in [-0.3, -0.25) is 0 Å². The second-order valence-electron chi connectivity index (χ2n) is 9.70. The number of rotatable bonds is 4. The van der Waals surface area contributed by atoms with Gasteiger partial charge in [0.2, 0.25) is 0 Å². The first kappa shape index (κ1) is 63.2. The van der Waals surface area contributed by atoms with Gasteiger partial charge >= 0.3 is 0 Å². The minimum absolute atomic E-state index is 0.148. The summed E-state index contributed by atoms with van der Waals surface area (Å²) in [5.74, 6) is 3.84. The molecular weight excluding hydrogens is 490 g/mol. The van der Waals surface area contributed by atoms with Gasteiger partial charge in [0.25, 0.3) is 0 Å². The summed E-state index contributed by atoms with van der Waals surface area (Å²) in [7, 11) is 0. The summed E-state index contributed by atoms with van der Waals surface area (Å²) in [6, 6.07) is 0.770. The molecule has 1 aliphatic heterocycles. The van der Waals surface area contributed by atoms with Crippen molar-refractivity contribution < 1.29 is 10.2 Å². The van der Waals surface area contributed by atoms with Gasteiger partial charge in [0.05, 0.1) is 12.2 Å². The van der Waals surface area contributed by atoms with E-state index in [0.29, 0.717) is 11.8 Å². The van der Waals surface area contributed by atoms with Crippen LogP contribution in [0.5, 0.6) is 0 Å². The van der Waals surface area contributed by atoms with Crippen molar-refractivity contribution >= 4 is 0 Å². The Balaban J connectivity index is -0.0000000401. The third kappa shape index (κ3) is 71.3. The van der Waals surface area contributed by atoms with Crippen LogP contribution < -0.4 is 0 Å². The zero-order chi connectivity index (χ0) is 35.0. The lowest BCUT2D eigenvalue weighted by atomic mass is 10.0. The summed E-state index contributed by atoms with van der Waals surface area (Å²) in [6.45, 7) is 53.6. The molecule has 258 valence electrons. The average molecular weight is 584 g/mol. The van der Waals surface area contributed by atoms with Gasteiger partial charge in [-0.25, -0.2) is 0 Å². The predicted octanol–water partition coefficient (Wildman–Crippen LogP) is 12.6. The lowest BCUT2D eigenvalue weighted by molar-refractivity contribution is 0.0787. The molecule has 0 aromatic rings. The van der Waals surface area contributed by atoms with Gasteiger partial charge < -0.3 is 15.1 Å². The molecule has 1 saturated heterocycles. The van der Waals surface area contributed by atoms with Crippen LogP contribution in [0.2, 0.25) is 0 Å². The first-order chi connectivity index (χ1) is 18.8. The maximum absolute atomic E-state index is 8.63. The maximum atomic E-state index is 8.63. The minimum atomic E-state index is -0.148. The van der Waals surface area contributed by atoms with Crippen LogP contribution in [0.15, 0.2) is 0 Å². The lowest BCUT2D eigenvalue weighted by Crippen LogP contribution is -2.48. The van der Waals surface area contributed by atoms with E-state index in [4.69, 9.17) is 10.2 Å². The van der Waals surface area contributed by atoms with E-state index < -0.39 is 0 Å². The predicted molar refractivity (Wildman–Crippen MR) is 196 cm³/mol. The second-order valence-corrected chi connectivity index (χ2v) is 9.70. The Labute approximate surface area is 261 Å². The average Bonchev–Trinajstić information content (AvgIpc) is 3.82. The van der Waals surface area contributed by atoms with Gasteiger partial charge in [0.1, 0.15) is 0 Å². The smallest absolute Gasteiger partial charge is 0.0535 e. The highest BCUT2D eigenvalue weighted by atomic mass is 16.3. The number of hydrogen-bond donors (Lipinski definition) is 2. The number of nitrogens with zero attached hydrogens (tertiary/aromatic N) is 1. The third-order valence-corrected chi connectivity index (χ3v) is 5.32. The molecule has 1 heterocycles. The van der Waals surface area contributed by atoms with Crippen LogP contribution in [-0.4, -0.2) is 46.5 Å². The molecule has 40 heavy (non-hydrogen) atoms. The fourth-order valence-electron chi connectivity index (χ4n) is 1.93. The van der Waals surface area contributed by atoms with E-state index in [-0.39, 0.29) is 12.2 Å². The zero-order valence-electron chi connectivity index (χ0n) is 33.8. The Morgan fingerprint density at radius 2 is 0.675 bits per heavy atom. The van der Waals surface area contributed by atoms with E-state index in [1.807, 2.05) is 125 Å². The normalized spacial score (nSPS) is 13.9. The minimum Gasteiger partial charge on any atom is -0.393 e. The van der Waals surface area contributed by atoms with Gasteiger partial charge in [-0.1, -0.05) is 145 Å². The van der Waals surface area contributed by atoms with E-state index in [1.54, 1.807) is 13.8 Å². The molecule has 2 aliphatic rings. The monoisotopic (exact) mass is 584 g/mol. The van der Waals surface area contributed by atoms with Crippen LogP contribution in [0, 0.1) is 29.6 Å². The number of likely N-dealkylation sites (tertiary alicyclic amines) is 1. The first-order valence-electron chi connectivity index (χ1n) is 17.9. The Morgan fingerprint density at radius 3 is 0.700 bits per heavy atom. The number of hydrogen-bond acceptors (Lipinski definition) is 3. The van der Waals surface area contributed by atoms with Crippen molar-refractivity contribution in [3.05, 3.63) is 0 Å². The quantitative estimate of drug-likeness (QED) is 0.346. The van der Waals surface area contributed by atoms with Crippen molar-refractivity contribution in [3.63, 3.8) is 0 Å². The third-order valence-electron chi connectivity index (χ3n) is 5.32. The van der Waals surface area contributed by atoms with Crippen molar-refractivity contribution in [3.8, 4) is 0 Å².